The molecular formula is C13H14ClFN2O3. The first-order valence-corrected chi connectivity index (χ1v) is 6.44. The third-order valence-electron chi connectivity index (χ3n) is 2.96. The Bertz CT molecular complexity index is 514. The number of hydroxylamine groups is 2. The van der Waals surface area contributed by atoms with Crippen LogP contribution < -0.4 is 5.32 Å². The minimum Gasteiger partial charge on any atom is -0.333 e. The molecule has 1 saturated heterocycles. The minimum absolute atomic E-state index is 0.00425. The molecule has 0 spiro atoms. The van der Waals surface area contributed by atoms with Gasteiger partial charge in [0.25, 0.3) is 5.91 Å². The molecule has 0 saturated carbocycles. The highest BCUT2D eigenvalue weighted by molar-refractivity contribution is 6.34. The number of carbonyl (C=O) groups excluding carboxylic acids is 2. The van der Waals surface area contributed by atoms with Crippen molar-refractivity contribution >= 4 is 23.5 Å². The molecule has 1 amide bonds. The molecule has 0 aromatic heterocycles. The van der Waals surface area contributed by atoms with Crippen LogP contribution in [0.1, 0.15) is 16.8 Å². The lowest BCUT2D eigenvalue weighted by atomic mass is 10.2. The molecule has 2 atom stereocenters. The lowest BCUT2D eigenvalue weighted by molar-refractivity contribution is -0.165. The van der Waals surface area contributed by atoms with E-state index in [1.54, 1.807) is 30.3 Å². The van der Waals surface area contributed by atoms with Crippen LogP contribution in [0.25, 0.3) is 0 Å². The van der Waals surface area contributed by atoms with E-state index in [1.165, 1.54) is 7.05 Å². The van der Waals surface area contributed by atoms with Crippen LogP contribution in [0.3, 0.4) is 0 Å². The molecule has 7 heteroatoms. The van der Waals surface area contributed by atoms with Crippen LogP contribution in [-0.2, 0) is 9.63 Å². The monoisotopic (exact) mass is 300 g/mol. The number of benzene rings is 1. The van der Waals surface area contributed by atoms with Crippen LogP contribution in [-0.4, -0.2) is 41.7 Å². The van der Waals surface area contributed by atoms with Crippen molar-refractivity contribution in [1.82, 2.24) is 10.4 Å². The molecule has 5 nitrogen and oxygen atoms in total. The predicted molar refractivity (Wildman–Crippen MR) is 70.7 cm³/mol. The first-order chi connectivity index (χ1) is 9.42. The van der Waals surface area contributed by atoms with Crippen molar-refractivity contribution in [3.63, 3.8) is 0 Å². The number of alkyl halides is 2. The van der Waals surface area contributed by atoms with Gasteiger partial charge >= 0.3 is 5.97 Å². The summed E-state index contributed by atoms with van der Waals surface area (Å²) in [5.41, 5.74) is 0.304. The Labute approximate surface area is 120 Å². The van der Waals surface area contributed by atoms with Crippen LogP contribution >= 0.6 is 11.6 Å². The largest absolute Gasteiger partial charge is 0.363 e. The maximum Gasteiger partial charge on any atom is 0.363 e. The molecule has 1 aromatic carbocycles. The molecular weight excluding hydrogens is 287 g/mol. The van der Waals surface area contributed by atoms with Gasteiger partial charge in [0.15, 0.2) is 5.00 Å². The predicted octanol–water partition coefficient (Wildman–Crippen LogP) is 1.48. The third-order valence-corrected chi connectivity index (χ3v) is 3.41. The van der Waals surface area contributed by atoms with Crippen LogP contribution in [0, 0.1) is 0 Å². The van der Waals surface area contributed by atoms with E-state index in [2.05, 4.69) is 5.32 Å². The zero-order chi connectivity index (χ0) is 14.8. The molecule has 0 bridgehead atoms. The van der Waals surface area contributed by atoms with Gasteiger partial charge in [-0.15, -0.1) is 0 Å². The summed E-state index contributed by atoms with van der Waals surface area (Å²) < 4.78 is 13.1. The zero-order valence-corrected chi connectivity index (χ0v) is 11.6. The number of carbonyl (C=O) groups is 2. The third kappa shape index (κ3) is 3.08. The first kappa shape index (κ1) is 14.7. The summed E-state index contributed by atoms with van der Waals surface area (Å²) in [5.74, 6) is -1.39. The molecule has 1 aliphatic heterocycles. The molecule has 1 fully saturated rings. The number of hydrogen-bond donors (Lipinski definition) is 1. The Morgan fingerprint density at radius 1 is 1.45 bits per heavy atom. The summed E-state index contributed by atoms with van der Waals surface area (Å²) in [6.45, 7) is -0.00425. The maximum atomic E-state index is 13.1. The molecule has 0 aliphatic carbocycles. The van der Waals surface area contributed by atoms with Gasteiger partial charge in [0.1, 0.15) is 6.17 Å². The van der Waals surface area contributed by atoms with E-state index in [4.69, 9.17) is 16.4 Å². The van der Waals surface area contributed by atoms with E-state index >= 15 is 0 Å². The number of nitrogens with zero attached hydrogens (tertiary/aromatic N) is 1. The number of likely N-dealkylation sites (N-methyl/N-ethyl adjacent to an activating group) is 1. The van der Waals surface area contributed by atoms with Crippen LogP contribution in [0.4, 0.5) is 4.39 Å². The molecule has 2 unspecified atom stereocenters. The lowest BCUT2D eigenvalue weighted by Crippen LogP contribution is -2.50. The van der Waals surface area contributed by atoms with Gasteiger partial charge in [-0.2, -0.15) is 5.06 Å². The Morgan fingerprint density at radius 3 is 2.65 bits per heavy atom. The Kier molecular flexibility index (Phi) is 4.25. The number of nitrogens with one attached hydrogen (secondary N) is 1. The van der Waals surface area contributed by atoms with Crippen molar-refractivity contribution in [3.8, 4) is 0 Å². The lowest BCUT2D eigenvalue weighted by Gasteiger charge is -2.25. The van der Waals surface area contributed by atoms with Gasteiger partial charge in [0.05, 0.1) is 5.56 Å². The van der Waals surface area contributed by atoms with E-state index < -0.39 is 23.0 Å². The molecule has 1 N–H and O–H groups in total. The second kappa shape index (κ2) is 5.76. The van der Waals surface area contributed by atoms with Gasteiger partial charge in [-0.3, -0.25) is 10.1 Å². The second-order valence-electron chi connectivity index (χ2n) is 4.53. The summed E-state index contributed by atoms with van der Waals surface area (Å²) in [4.78, 5) is 27.2. The highest BCUT2D eigenvalue weighted by atomic mass is 35.5. The Hall–Kier alpha value is -1.66. The SMILES string of the molecule is CN(OC(=O)c1ccccc1)C(=O)C1(Cl)CC(F)CN1. The van der Waals surface area contributed by atoms with Crippen molar-refractivity contribution in [3.05, 3.63) is 35.9 Å². The van der Waals surface area contributed by atoms with Crippen molar-refractivity contribution < 1.29 is 18.8 Å². The highest BCUT2D eigenvalue weighted by Gasteiger charge is 2.46. The molecule has 0 radical (unpaired) electrons. The molecule has 1 aromatic rings. The summed E-state index contributed by atoms with van der Waals surface area (Å²) in [6.07, 6.45) is -1.37. The summed E-state index contributed by atoms with van der Waals surface area (Å²) in [5, 5.41) is 3.31. The van der Waals surface area contributed by atoms with Crippen molar-refractivity contribution in [2.75, 3.05) is 13.6 Å². The van der Waals surface area contributed by atoms with Crippen LogP contribution in [0.15, 0.2) is 30.3 Å². The van der Waals surface area contributed by atoms with Gasteiger partial charge in [-0.1, -0.05) is 29.8 Å². The summed E-state index contributed by atoms with van der Waals surface area (Å²) >= 11 is 6.01. The molecule has 1 aliphatic rings. The molecule has 2 rings (SSSR count). The second-order valence-corrected chi connectivity index (χ2v) is 5.18. The summed E-state index contributed by atoms with van der Waals surface area (Å²) in [6, 6.07) is 8.22. The molecule has 20 heavy (non-hydrogen) atoms. The van der Waals surface area contributed by atoms with E-state index in [0.717, 1.165) is 5.06 Å². The number of rotatable bonds is 2. The van der Waals surface area contributed by atoms with Crippen LogP contribution in [0.2, 0.25) is 0 Å². The first-order valence-electron chi connectivity index (χ1n) is 6.06. The zero-order valence-electron chi connectivity index (χ0n) is 10.8. The minimum atomic E-state index is -1.56. The normalized spacial score (nSPS) is 25.2. The van der Waals surface area contributed by atoms with Gasteiger partial charge in [0.2, 0.25) is 0 Å². The van der Waals surface area contributed by atoms with Gasteiger partial charge in [-0.25, -0.2) is 9.18 Å². The van der Waals surface area contributed by atoms with Crippen molar-refractivity contribution in [2.45, 2.75) is 17.6 Å². The van der Waals surface area contributed by atoms with E-state index in [0.29, 0.717) is 5.56 Å². The number of amides is 1. The average Bonchev–Trinajstić information content (AvgIpc) is 2.79. The Morgan fingerprint density at radius 2 is 2.10 bits per heavy atom. The van der Waals surface area contributed by atoms with E-state index in [-0.39, 0.29) is 13.0 Å². The standard InChI is InChI=1S/C13H14ClFN2O3/c1-17(12(19)13(14)7-10(15)8-16-13)20-11(18)9-5-3-2-4-6-9/h2-6,10,16H,7-8H2,1H3. The fourth-order valence-corrected chi connectivity index (χ4v) is 2.29. The average molecular weight is 301 g/mol. The van der Waals surface area contributed by atoms with E-state index in [9.17, 15) is 14.0 Å². The molecule has 1 heterocycles. The van der Waals surface area contributed by atoms with E-state index in [1.807, 2.05) is 0 Å². The quantitative estimate of drug-likeness (QED) is 0.511. The smallest absolute Gasteiger partial charge is 0.333 e. The Balaban J connectivity index is 2.00. The van der Waals surface area contributed by atoms with Gasteiger partial charge in [0, 0.05) is 20.0 Å². The number of hydrogen-bond acceptors (Lipinski definition) is 4. The van der Waals surface area contributed by atoms with Crippen molar-refractivity contribution in [2.24, 2.45) is 0 Å². The molecule has 108 valence electrons. The van der Waals surface area contributed by atoms with Crippen LogP contribution in [0.5, 0.6) is 0 Å². The van der Waals surface area contributed by atoms with Crippen molar-refractivity contribution in [1.29, 1.82) is 0 Å². The summed E-state index contributed by atoms with van der Waals surface area (Å²) in [7, 11) is 1.26. The number of halogens is 2. The fraction of sp³-hybridized carbons (Fsp3) is 0.385. The fourth-order valence-electron chi connectivity index (χ4n) is 1.93. The highest BCUT2D eigenvalue weighted by Crippen LogP contribution is 2.28. The maximum absolute atomic E-state index is 13.1. The topological polar surface area (TPSA) is 58.6 Å². The van der Waals surface area contributed by atoms with Gasteiger partial charge in [-0.05, 0) is 12.1 Å². The van der Waals surface area contributed by atoms with Gasteiger partial charge < -0.3 is 4.84 Å².